The molecule has 3 aromatic carbocycles. The van der Waals surface area contributed by atoms with E-state index in [9.17, 15) is 9.59 Å². The summed E-state index contributed by atoms with van der Waals surface area (Å²) < 4.78 is 5.55. The number of benzene rings is 3. The van der Waals surface area contributed by atoms with Gasteiger partial charge in [-0.15, -0.1) is 0 Å². The number of rotatable bonds is 9. The number of ether oxygens (including phenoxy) is 1. The van der Waals surface area contributed by atoms with Gasteiger partial charge in [0.05, 0.1) is 18.4 Å². The molecule has 0 spiro atoms. The zero-order valence-electron chi connectivity index (χ0n) is 23.3. The van der Waals surface area contributed by atoms with E-state index in [1.54, 1.807) is 13.2 Å². The molecule has 0 radical (unpaired) electrons. The average Bonchev–Trinajstić information content (AvgIpc) is 2.97. The molecule has 4 rings (SSSR count). The number of carbonyl (C=O) groups excluding carboxylic acids is 2. The summed E-state index contributed by atoms with van der Waals surface area (Å²) >= 11 is 0. The maximum Gasteiger partial charge on any atom is 0.323 e. The van der Waals surface area contributed by atoms with Gasteiger partial charge >= 0.3 is 6.03 Å². The maximum absolute atomic E-state index is 13.4. The van der Waals surface area contributed by atoms with Gasteiger partial charge < -0.3 is 30.5 Å². The Kier molecular flexibility index (Phi) is 9.31. The third-order valence-electron chi connectivity index (χ3n) is 7.13. The van der Waals surface area contributed by atoms with Crippen molar-refractivity contribution in [3.63, 3.8) is 0 Å². The lowest BCUT2D eigenvalue weighted by atomic mass is 10.1. The summed E-state index contributed by atoms with van der Waals surface area (Å²) in [7, 11) is 1.69. The molecule has 0 saturated carbocycles. The summed E-state index contributed by atoms with van der Waals surface area (Å²) in [5.74, 6) is 0.709. The lowest BCUT2D eigenvalue weighted by molar-refractivity contribution is 0.0939. The van der Waals surface area contributed by atoms with Crippen LogP contribution in [0.3, 0.4) is 0 Å². The molecule has 206 valence electrons. The molecule has 0 aliphatic carbocycles. The molecule has 3 aromatic rings. The Morgan fingerprint density at radius 3 is 2.18 bits per heavy atom. The van der Waals surface area contributed by atoms with Gasteiger partial charge in [-0.1, -0.05) is 38.1 Å². The first-order chi connectivity index (χ1) is 18.9. The minimum Gasteiger partial charge on any atom is -0.495 e. The summed E-state index contributed by atoms with van der Waals surface area (Å²) in [6.07, 6.45) is 1.72. The first-order valence-corrected chi connectivity index (χ1v) is 13.7. The molecule has 39 heavy (non-hydrogen) atoms. The summed E-state index contributed by atoms with van der Waals surface area (Å²) in [6, 6.07) is 21.0. The van der Waals surface area contributed by atoms with E-state index >= 15 is 0 Å². The number of hydrogen-bond donors (Lipinski definition) is 3. The largest absolute Gasteiger partial charge is 0.495 e. The van der Waals surface area contributed by atoms with Crippen LogP contribution < -0.4 is 30.5 Å². The van der Waals surface area contributed by atoms with E-state index in [-0.39, 0.29) is 18.0 Å². The molecule has 1 unspecified atom stereocenters. The maximum atomic E-state index is 13.4. The molecule has 8 heteroatoms. The van der Waals surface area contributed by atoms with Gasteiger partial charge in [0.15, 0.2) is 0 Å². The molecular formula is C31H39N5O3. The molecule has 3 N–H and O–H groups in total. The van der Waals surface area contributed by atoms with Crippen molar-refractivity contribution in [2.75, 3.05) is 53.7 Å². The van der Waals surface area contributed by atoms with Gasteiger partial charge in [-0.2, -0.15) is 0 Å². The van der Waals surface area contributed by atoms with Crippen molar-refractivity contribution >= 4 is 34.7 Å². The molecule has 1 fully saturated rings. The van der Waals surface area contributed by atoms with Crippen molar-refractivity contribution in [2.24, 2.45) is 0 Å². The third kappa shape index (κ3) is 7.02. The van der Waals surface area contributed by atoms with Crippen molar-refractivity contribution < 1.29 is 14.3 Å². The molecule has 1 aliphatic rings. The predicted molar refractivity (Wildman–Crippen MR) is 160 cm³/mol. The lowest BCUT2D eigenvalue weighted by Gasteiger charge is -2.38. The molecule has 1 saturated heterocycles. The minimum atomic E-state index is -0.352. The van der Waals surface area contributed by atoms with E-state index in [0.29, 0.717) is 11.3 Å². The molecule has 8 nitrogen and oxygen atoms in total. The summed E-state index contributed by atoms with van der Waals surface area (Å²) in [5.41, 5.74) is 4.91. The van der Waals surface area contributed by atoms with Crippen LogP contribution in [0, 0.1) is 0 Å². The summed E-state index contributed by atoms with van der Waals surface area (Å²) in [4.78, 5) is 30.6. The Balaban J connectivity index is 1.51. The Bertz CT molecular complexity index is 1290. The fourth-order valence-corrected chi connectivity index (χ4v) is 4.72. The van der Waals surface area contributed by atoms with Gasteiger partial charge in [-0.05, 0) is 67.8 Å². The monoisotopic (exact) mass is 529 g/mol. The number of methoxy groups -OCH3 is 1. The van der Waals surface area contributed by atoms with Gasteiger partial charge in [0.2, 0.25) is 0 Å². The van der Waals surface area contributed by atoms with Crippen molar-refractivity contribution in [3.8, 4) is 5.75 Å². The molecule has 1 aliphatic heterocycles. The molecule has 0 bridgehead atoms. The molecule has 3 amide bonds. The van der Waals surface area contributed by atoms with Crippen molar-refractivity contribution in [1.82, 2.24) is 5.32 Å². The van der Waals surface area contributed by atoms with Crippen molar-refractivity contribution in [2.45, 2.75) is 39.7 Å². The second-order valence-corrected chi connectivity index (χ2v) is 9.79. The number of amides is 3. The van der Waals surface area contributed by atoms with E-state index in [2.05, 4.69) is 38.7 Å². The highest BCUT2D eigenvalue weighted by molar-refractivity contribution is 6.04. The fraction of sp³-hybridized carbons (Fsp3) is 0.355. The predicted octanol–water partition coefficient (Wildman–Crippen LogP) is 5.76. The van der Waals surface area contributed by atoms with Crippen LogP contribution in [0.2, 0.25) is 0 Å². The van der Waals surface area contributed by atoms with Gasteiger partial charge in [-0.25, -0.2) is 4.79 Å². The van der Waals surface area contributed by atoms with E-state index in [1.807, 2.05) is 68.4 Å². The normalized spacial score (nSPS) is 13.9. The zero-order chi connectivity index (χ0) is 27.8. The van der Waals surface area contributed by atoms with Crippen LogP contribution in [0.5, 0.6) is 5.75 Å². The van der Waals surface area contributed by atoms with Crippen LogP contribution in [-0.4, -0.2) is 51.3 Å². The van der Waals surface area contributed by atoms with Crippen LogP contribution in [0.25, 0.3) is 0 Å². The summed E-state index contributed by atoms with van der Waals surface area (Å²) in [6.45, 7) is 9.21. The molecule has 1 heterocycles. The minimum absolute atomic E-state index is 0.0403. The highest BCUT2D eigenvalue weighted by atomic mass is 16.5. The zero-order valence-corrected chi connectivity index (χ0v) is 23.3. The van der Waals surface area contributed by atoms with Gasteiger partial charge in [0, 0.05) is 49.3 Å². The highest BCUT2D eigenvalue weighted by Gasteiger charge is 2.24. The quantitative estimate of drug-likeness (QED) is 0.328. The second-order valence-electron chi connectivity index (χ2n) is 9.79. The van der Waals surface area contributed by atoms with Crippen LogP contribution in [0.15, 0.2) is 66.7 Å². The number of piperazine rings is 1. The first kappa shape index (κ1) is 27.8. The number of nitrogens with one attached hydrogen (secondary N) is 3. The van der Waals surface area contributed by atoms with Crippen LogP contribution >= 0.6 is 0 Å². The highest BCUT2D eigenvalue weighted by Crippen LogP contribution is 2.31. The number of carbonyl (C=O) groups is 2. The molecule has 0 aromatic heterocycles. The lowest BCUT2D eigenvalue weighted by Crippen LogP contribution is -2.47. The summed E-state index contributed by atoms with van der Waals surface area (Å²) in [5, 5.41) is 8.86. The van der Waals surface area contributed by atoms with E-state index in [0.717, 1.165) is 67.4 Å². The number of anilines is 4. The van der Waals surface area contributed by atoms with E-state index in [1.165, 1.54) is 0 Å². The number of aryl methyl sites for hydroxylation is 1. The number of nitrogens with zero attached hydrogens (tertiary/aromatic N) is 2. The van der Waals surface area contributed by atoms with Crippen LogP contribution in [0.4, 0.5) is 27.5 Å². The van der Waals surface area contributed by atoms with E-state index in [4.69, 9.17) is 4.74 Å². The fourth-order valence-electron chi connectivity index (χ4n) is 4.72. The van der Waals surface area contributed by atoms with Gasteiger partial charge in [0.1, 0.15) is 5.75 Å². The van der Waals surface area contributed by atoms with E-state index < -0.39 is 0 Å². The number of urea groups is 1. The smallest absolute Gasteiger partial charge is 0.323 e. The Morgan fingerprint density at radius 2 is 1.51 bits per heavy atom. The second kappa shape index (κ2) is 13.0. The molecule has 1 atom stereocenters. The third-order valence-corrected chi connectivity index (χ3v) is 7.13. The Hall–Kier alpha value is -4.20. The number of para-hydroxylation sites is 2. The average molecular weight is 530 g/mol. The Morgan fingerprint density at radius 1 is 0.846 bits per heavy atom. The van der Waals surface area contributed by atoms with Crippen LogP contribution in [-0.2, 0) is 6.42 Å². The SMILES string of the molecule is CCc1cccc(NC(=O)Nc2ccc(N3CCN(c4ccccc4OC)CC3)c(C(=O)NC(C)CC)c2)c1. The van der Waals surface area contributed by atoms with Gasteiger partial charge in [0.25, 0.3) is 5.91 Å². The topological polar surface area (TPSA) is 85.9 Å². The van der Waals surface area contributed by atoms with Gasteiger partial charge in [-0.3, -0.25) is 4.79 Å². The number of hydrogen-bond acceptors (Lipinski definition) is 5. The standard InChI is InChI=1S/C31H39N5O3/c1-5-22(3)32-30(37)26-21-25(34-31(38)33-24-11-9-10-23(6-2)20-24)14-15-27(26)35-16-18-36(19-17-35)28-12-7-8-13-29(28)39-4/h7-15,20-22H,5-6,16-19H2,1-4H3,(H,32,37)(H2,33,34,38). The Labute approximate surface area is 231 Å². The first-order valence-electron chi connectivity index (χ1n) is 13.7. The molecular weight excluding hydrogens is 490 g/mol. The van der Waals surface area contributed by atoms with Crippen molar-refractivity contribution in [3.05, 3.63) is 77.9 Å². The van der Waals surface area contributed by atoms with Crippen LogP contribution in [0.1, 0.15) is 43.1 Å². The van der Waals surface area contributed by atoms with Crippen molar-refractivity contribution in [1.29, 1.82) is 0 Å².